The summed E-state index contributed by atoms with van der Waals surface area (Å²) in [6.45, 7) is 7.90. The third-order valence-corrected chi connectivity index (χ3v) is 6.78. The van der Waals surface area contributed by atoms with E-state index >= 15 is 0 Å². The van der Waals surface area contributed by atoms with Crippen LogP contribution in [-0.2, 0) is 4.79 Å². The maximum absolute atomic E-state index is 12.7. The van der Waals surface area contributed by atoms with E-state index in [9.17, 15) is 4.79 Å². The molecule has 146 valence electrons. The highest BCUT2D eigenvalue weighted by Gasteiger charge is 2.27. The molecule has 3 aromatic rings. The summed E-state index contributed by atoms with van der Waals surface area (Å²) in [5.74, 6) is 1.83. The fourth-order valence-corrected chi connectivity index (χ4v) is 5.08. The quantitative estimate of drug-likeness (QED) is 0.567. The highest BCUT2D eigenvalue weighted by atomic mass is 32.2. The SMILES string of the molecule is Cc1cc(C)c(SCC(=O)N2CCC(c3nc4ccccc4o3)CC2)c(C)c1. The molecule has 0 saturated carbocycles. The van der Waals surface area contributed by atoms with E-state index in [1.165, 1.54) is 21.6 Å². The van der Waals surface area contributed by atoms with Gasteiger partial charge < -0.3 is 9.32 Å². The maximum Gasteiger partial charge on any atom is 0.232 e. The van der Waals surface area contributed by atoms with Gasteiger partial charge in [-0.2, -0.15) is 0 Å². The Hall–Kier alpha value is -2.27. The minimum atomic E-state index is 0.223. The Kier molecular flexibility index (Phi) is 5.44. The van der Waals surface area contributed by atoms with E-state index in [0.29, 0.717) is 11.7 Å². The highest BCUT2D eigenvalue weighted by Crippen LogP contribution is 2.31. The van der Waals surface area contributed by atoms with Gasteiger partial charge in [0.1, 0.15) is 5.52 Å². The number of rotatable bonds is 4. The van der Waals surface area contributed by atoms with Crippen LogP contribution in [-0.4, -0.2) is 34.6 Å². The van der Waals surface area contributed by atoms with E-state index in [1.807, 2.05) is 29.2 Å². The third kappa shape index (κ3) is 3.95. The van der Waals surface area contributed by atoms with Crippen molar-refractivity contribution in [3.8, 4) is 0 Å². The second-order valence-corrected chi connectivity index (χ2v) is 8.68. The maximum atomic E-state index is 12.7. The van der Waals surface area contributed by atoms with E-state index < -0.39 is 0 Å². The van der Waals surface area contributed by atoms with Gasteiger partial charge in [0.25, 0.3) is 0 Å². The average Bonchev–Trinajstić information content (AvgIpc) is 3.11. The van der Waals surface area contributed by atoms with Crippen molar-refractivity contribution in [2.24, 2.45) is 0 Å². The van der Waals surface area contributed by atoms with Crippen LogP contribution < -0.4 is 0 Å². The molecule has 2 aromatic carbocycles. The molecule has 1 fully saturated rings. The Bertz CT molecular complexity index is 947. The van der Waals surface area contributed by atoms with Crippen molar-refractivity contribution in [3.05, 3.63) is 59.0 Å². The monoisotopic (exact) mass is 394 g/mol. The predicted octanol–water partition coefficient (Wildman–Crippen LogP) is 5.25. The standard InChI is InChI=1S/C23H26N2O2S/c1-15-12-16(2)22(17(3)13-15)28-14-21(26)25-10-8-18(9-11-25)23-24-19-6-4-5-7-20(19)27-23/h4-7,12-13,18H,8-11,14H2,1-3H3. The lowest BCUT2D eigenvalue weighted by atomic mass is 9.97. The van der Waals surface area contributed by atoms with Gasteiger partial charge in [0.2, 0.25) is 5.91 Å². The molecule has 28 heavy (non-hydrogen) atoms. The fraction of sp³-hybridized carbons (Fsp3) is 0.391. The Morgan fingerprint density at radius 1 is 1.14 bits per heavy atom. The van der Waals surface area contributed by atoms with Crippen LogP contribution in [0.4, 0.5) is 0 Å². The van der Waals surface area contributed by atoms with Crippen LogP contribution in [0.3, 0.4) is 0 Å². The van der Waals surface area contributed by atoms with Gasteiger partial charge >= 0.3 is 0 Å². The topological polar surface area (TPSA) is 46.3 Å². The number of para-hydroxylation sites is 2. The number of likely N-dealkylation sites (tertiary alicyclic amines) is 1. The zero-order valence-electron chi connectivity index (χ0n) is 16.7. The smallest absolute Gasteiger partial charge is 0.232 e. The van der Waals surface area contributed by atoms with Crippen molar-refractivity contribution >= 4 is 28.8 Å². The van der Waals surface area contributed by atoms with E-state index in [0.717, 1.165) is 42.9 Å². The zero-order chi connectivity index (χ0) is 19.7. The lowest BCUT2D eigenvalue weighted by molar-refractivity contribution is -0.129. The Labute approximate surface area is 170 Å². The van der Waals surface area contributed by atoms with Crippen LogP contribution in [0.25, 0.3) is 11.1 Å². The molecule has 0 aliphatic carbocycles. The first-order valence-corrected chi connectivity index (χ1v) is 10.8. The predicted molar refractivity (Wildman–Crippen MR) is 114 cm³/mol. The van der Waals surface area contributed by atoms with Gasteiger partial charge in [0.15, 0.2) is 11.5 Å². The van der Waals surface area contributed by atoms with Gasteiger partial charge in [0.05, 0.1) is 5.75 Å². The van der Waals surface area contributed by atoms with E-state index in [2.05, 4.69) is 37.9 Å². The highest BCUT2D eigenvalue weighted by molar-refractivity contribution is 8.00. The molecule has 0 spiro atoms. The first-order chi connectivity index (χ1) is 13.5. The molecule has 1 aliphatic rings. The molecule has 0 radical (unpaired) electrons. The number of piperidine rings is 1. The minimum absolute atomic E-state index is 0.223. The molecule has 1 aromatic heterocycles. The van der Waals surface area contributed by atoms with Crippen LogP contribution in [0.2, 0.25) is 0 Å². The first-order valence-electron chi connectivity index (χ1n) is 9.85. The van der Waals surface area contributed by atoms with Crippen LogP contribution in [0.15, 0.2) is 45.7 Å². The number of carbonyl (C=O) groups is 1. The lowest BCUT2D eigenvalue weighted by Gasteiger charge is -2.30. The van der Waals surface area contributed by atoms with Gasteiger partial charge in [-0.25, -0.2) is 4.98 Å². The molecule has 1 amide bonds. The molecule has 4 rings (SSSR count). The summed E-state index contributed by atoms with van der Waals surface area (Å²) in [5, 5.41) is 0. The lowest BCUT2D eigenvalue weighted by Crippen LogP contribution is -2.39. The molecular formula is C23H26N2O2S. The second kappa shape index (κ2) is 8.00. The van der Waals surface area contributed by atoms with E-state index in [4.69, 9.17) is 4.42 Å². The number of thioether (sulfide) groups is 1. The van der Waals surface area contributed by atoms with Crippen molar-refractivity contribution in [1.29, 1.82) is 0 Å². The summed E-state index contributed by atoms with van der Waals surface area (Å²) >= 11 is 1.66. The van der Waals surface area contributed by atoms with Crippen molar-refractivity contribution < 1.29 is 9.21 Å². The molecule has 0 N–H and O–H groups in total. The summed E-state index contributed by atoms with van der Waals surface area (Å²) in [5.41, 5.74) is 5.54. The molecule has 2 heterocycles. The normalized spacial score (nSPS) is 15.3. The first kappa shape index (κ1) is 19.1. The molecule has 4 nitrogen and oxygen atoms in total. The fourth-order valence-electron chi connectivity index (χ4n) is 4.06. The Balaban J connectivity index is 1.34. The molecule has 0 bridgehead atoms. The number of amides is 1. The number of hydrogen-bond acceptors (Lipinski definition) is 4. The number of aromatic nitrogens is 1. The summed E-state index contributed by atoms with van der Waals surface area (Å²) in [4.78, 5) is 20.6. The third-order valence-electron chi connectivity index (χ3n) is 5.45. The molecule has 5 heteroatoms. The van der Waals surface area contributed by atoms with Crippen LogP contribution in [0.1, 0.15) is 41.3 Å². The molecular weight excluding hydrogens is 368 g/mol. The number of nitrogens with zero attached hydrogens (tertiary/aromatic N) is 2. The number of fused-ring (bicyclic) bond motifs is 1. The number of oxazole rings is 1. The van der Waals surface area contributed by atoms with Gasteiger partial charge in [-0.3, -0.25) is 4.79 Å². The summed E-state index contributed by atoms with van der Waals surface area (Å²) in [6, 6.07) is 12.3. The Morgan fingerprint density at radius 3 is 2.50 bits per heavy atom. The zero-order valence-corrected chi connectivity index (χ0v) is 17.5. The Morgan fingerprint density at radius 2 is 1.82 bits per heavy atom. The largest absolute Gasteiger partial charge is 0.440 e. The molecule has 1 saturated heterocycles. The minimum Gasteiger partial charge on any atom is -0.440 e. The molecule has 1 aliphatic heterocycles. The van der Waals surface area contributed by atoms with Gasteiger partial charge in [0, 0.05) is 23.9 Å². The van der Waals surface area contributed by atoms with Crippen molar-refractivity contribution in [1.82, 2.24) is 9.88 Å². The van der Waals surface area contributed by atoms with Gasteiger partial charge in [-0.05, 0) is 56.9 Å². The van der Waals surface area contributed by atoms with Gasteiger partial charge in [-0.1, -0.05) is 29.8 Å². The number of hydrogen-bond donors (Lipinski definition) is 0. The van der Waals surface area contributed by atoms with E-state index in [1.54, 1.807) is 11.8 Å². The van der Waals surface area contributed by atoms with Gasteiger partial charge in [-0.15, -0.1) is 11.8 Å². The van der Waals surface area contributed by atoms with Crippen molar-refractivity contribution in [3.63, 3.8) is 0 Å². The summed E-state index contributed by atoms with van der Waals surface area (Å²) in [7, 11) is 0. The molecule has 0 unspecified atom stereocenters. The average molecular weight is 395 g/mol. The van der Waals surface area contributed by atoms with Crippen LogP contribution in [0, 0.1) is 20.8 Å². The van der Waals surface area contributed by atoms with Crippen LogP contribution in [0.5, 0.6) is 0 Å². The number of carbonyl (C=O) groups excluding carboxylic acids is 1. The number of aryl methyl sites for hydroxylation is 3. The summed E-state index contributed by atoms with van der Waals surface area (Å²) < 4.78 is 5.93. The molecule has 0 atom stereocenters. The number of benzene rings is 2. The summed E-state index contributed by atoms with van der Waals surface area (Å²) in [6.07, 6.45) is 1.82. The van der Waals surface area contributed by atoms with E-state index in [-0.39, 0.29) is 5.91 Å². The second-order valence-electron chi connectivity index (χ2n) is 7.69. The van der Waals surface area contributed by atoms with Crippen molar-refractivity contribution in [2.75, 3.05) is 18.8 Å². The van der Waals surface area contributed by atoms with Crippen molar-refractivity contribution in [2.45, 2.75) is 44.4 Å². The van der Waals surface area contributed by atoms with Crippen LogP contribution >= 0.6 is 11.8 Å².